The summed E-state index contributed by atoms with van der Waals surface area (Å²) in [6.45, 7) is 2.25. The van der Waals surface area contributed by atoms with Crippen LogP contribution in [0.5, 0.6) is 0 Å². The smallest absolute Gasteiger partial charge is 0.281 e. The number of hydrogen-bond acceptors (Lipinski definition) is 5. The second-order valence-corrected chi connectivity index (χ2v) is 5.05. The van der Waals surface area contributed by atoms with Crippen molar-refractivity contribution >= 4 is 27.7 Å². The summed E-state index contributed by atoms with van der Waals surface area (Å²) < 4.78 is 6.32. The lowest BCUT2D eigenvalue weighted by molar-refractivity contribution is 0.429. The molecule has 2 aromatic rings. The molecule has 0 saturated heterocycles. The zero-order valence-corrected chi connectivity index (χ0v) is 11.0. The van der Waals surface area contributed by atoms with Gasteiger partial charge in [-0.2, -0.15) is 0 Å². The van der Waals surface area contributed by atoms with Gasteiger partial charge in [0.25, 0.3) is 5.22 Å². The minimum Gasteiger partial charge on any atom is -0.416 e. The van der Waals surface area contributed by atoms with Gasteiger partial charge in [-0.3, -0.25) is 0 Å². The maximum Gasteiger partial charge on any atom is 0.281 e. The lowest BCUT2D eigenvalue weighted by Crippen LogP contribution is -1.98. The molecule has 16 heavy (non-hydrogen) atoms. The highest BCUT2D eigenvalue weighted by atomic mass is 79.9. The summed E-state index contributed by atoms with van der Waals surface area (Å²) >= 11 is 4.84. The van der Waals surface area contributed by atoms with Crippen LogP contribution in [0.25, 0.3) is 0 Å². The first-order valence-corrected chi connectivity index (χ1v) is 6.26. The minimum atomic E-state index is 0.481. The van der Waals surface area contributed by atoms with Gasteiger partial charge in [0.05, 0.1) is 0 Å². The average molecular weight is 300 g/mol. The van der Waals surface area contributed by atoms with Crippen LogP contribution in [-0.2, 0) is 6.54 Å². The molecule has 6 heteroatoms. The number of benzene rings is 1. The predicted octanol–water partition coefficient (Wildman–Crippen LogP) is 2.75. The first kappa shape index (κ1) is 11.6. The van der Waals surface area contributed by atoms with Crippen molar-refractivity contribution in [2.45, 2.75) is 23.6 Å². The molecule has 2 rings (SSSR count). The molecule has 0 fully saturated rings. The molecule has 0 saturated carbocycles. The third kappa shape index (κ3) is 2.63. The van der Waals surface area contributed by atoms with E-state index in [4.69, 9.17) is 10.2 Å². The van der Waals surface area contributed by atoms with Crippen molar-refractivity contribution in [2.75, 3.05) is 0 Å². The summed E-state index contributed by atoms with van der Waals surface area (Å²) in [5.74, 6) is 0.564. The van der Waals surface area contributed by atoms with Crippen LogP contribution in [0, 0.1) is 6.92 Å². The number of hydrogen-bond donors (Lipinski definition) is 1. The fourth-order valence-electron chi connectivity index (χ4n) is 1.22. The summed E-state index contributed by atoms with van der Waals surface area (Å²) in [5.41, 5.74) is 6.73. The summed E-state index contributed by atoms with van der Waals surface area (Å²) in [4.78, 5) is 1.04. The number of aryl methyl sites for hydroxylation is 1. The van der Waals surface area contributed by atoms with Crippen LogP contribution in [0.4, 0.5) is 0 Å². The Morgan fingerprint density at radius 3 is 2.88 bits per heavy atom. The van der Waals surface area contributed by atoms with E-state index >= 15 is 0 Å². The summed E-state index contributed by atoms with van der Waals surface area (Å²) in [6.07, 6.45) is 0. The van der Waals surface area contributed by atoms with Crippen molar-refractivity contribution < 1.29 is 4.42 Å². The maximum absolute atomic E-state index is 5.68. The van der Waals surface area contributed by atoms with E-state index in [0.29, 0.717) is 17.7 Å². The van der Waals surface area contributed by atoms with Crippen LogP contribution in [-0.4, -0.2) is 10.2 Å². The van der Waals surface area contributed by atoms with E-state index in [9.17, 15) is 0 Å². The fraction of sp³-hybridized carbons (Fsp3) is 0.200. The van der Waals surface area contributed by atoms with Crippen molar-refractivity contribution in [2.24, 2.45) is 5.73 Å². The molecule has 0 aliphatic heterocycles. The Balaban J connectivity index is 2.27. The molecule has 0 aliphatic rings. The Labute approximate surface area is 106 Å². The molecular formula is C10H10BrN3OS. The monoisotopic (exact) mass is 299 g/mol. The highest BCUT2D eigenvalue weighted by molar-refractivity contribution is 9.10. The summed E-state index contributed by atoms with van der Waals surface area (Å²) in [5, 5.41) is 8.25. The molecule has 4 nitrogen and oxygen atoms in total. The van der Waals surface area contributed by atoms with Gasteiger partial charge in [-0.05, 0) is 35.5 Å². The van der Waals surface area contributed by atoms with Gasteiger partial charge in [0.1, 0.15) is 0 Å². The molecule has 0 unspecified atom stereocenters. The largest absolute Gasteiger partial charge is 0.416 e. The van der Waals surface area contributed by atoms with Crippen molar-refractivity contribution in [3.05, 3.63) is 34.1 Å². The van der Waals surface area contributed by atoms with Crippen molar-refractivity contribution in [3.8, 4) is 0 Å². The van der Waals surface area contributed by atoms with Gasteiger partial charge in [0.2, 0.25) is 5.89 Å². The van der Waals surface area contributed by atoms with Crippen LogP contribution < -0.4 is 5.73 Å². The summed E-state index contributed by atoms with van der Waals surface area (Å²) in [6, 6.07) is 5.94. The van der Waals surface area contributed by atoms with Crippen LogP contribution in [0.15, 0.2) is 37.2 Å². The number of nitrogens with zero attached hydrogens (tertiary/aromatic N) is 2. The second kappa shape index (κ2) is 4.99. The quantitative estimate of drug-likeness (QED) is 0.944. The molecule has 0 atom stereocenters. The van der Waals surface area contributed by atoms with Crippen molar-refractivity contribution in [3.63, 3.8) is 0 Å². The fourth-order valence-corrected chi connectivity index (χ4v) is 2.47. The zero-order valence-electron chi connectivity index (χ0n) is 8.61. The normalized spacial score (nSPS) is 10.7. The highest BCUT2D eigenvalue weighted by Crippen LogP contribution is 2.30. The van der Waals surface area contributed by atoms with E-state index in [2.05, 4.69) is 26.1 Å². The molecule has 1 aromatic heterocycles. The van der Waals surface area contributed by atoms with Gasteiger partial charge in [0, 0.05) is 22.8 Å². The Kier molecular flexibility index (Phi) is 3.63. The Morgan fingerprint density at radius 1 is 1.44 bits per heavy atom. The molecule has 0 spiro atoms. The van der Waals surface area contributed by atoms with E-state index in [1.54, 1.807) is 6.92 Å². The van der Waals surface area contributed by atoms with Crippen LogP contribution >= 0.6 is 27.7 Å². The van der Waals surface area contributed by atoms with Crippen molar-refractivity contribution in [1.82, 2.24) is 10.2 Å². The van der Waals surface area contributed by atoms with E-state index in [1.807, 2.05) is 18.2 Å². The Bertz CT molecular complexity index is 501. The standard InChI is InChI=1S/C10H10BrN3OS/c1-6-13-14-10(15-6)16-9-3-2-8(11)4-7(9)5-12/h2-4H,5,12H2,1H3. The first-order valence-electron chi connectivity index (χ1n) is 4.65. The van der Waals surface area contributed by atoms with Crippen LogP contribution in [0.3, 0.4) is 0 Å². The van der Waals surface area contributed by atoms with Gasteiger partial charge in [-0.15, -0.1) is 10.2 Å². The molecule has 2 N–H and O–H groups in total. The summed E-state index contributed by atoms with van der Waals surface area (Å²) in [7, 11) is 0. The maximum atomic E-state index is 5.68. The average Bonchev–Trinajstić information content (AvgIpc) is 2.67. The van der Waals surface area contributed by atoms with E-state index < -0.39 is 0 Å². The van der Waals surface area contributed by atoms with Crippen LogP contribution in [0.2, 0.25) is 0 Å². The van der Waals surface area contributed by atoms with Gasteiger partial charge in [0.15, 0.2) is 0 Å². The van der Waals surface area contributed by atoms with E-state index in [1.165, 1.54) is 11.8 Å². The van der Waals surface area contributed by atoms with Gasteiger partial charge < -0.3 is 10.2 Å². The number of rotatable bonds is 3. The SMILES string of the molecule is Cc1nnc(Sc2ccc(Br)cc2CN)o1. The molecule has 84 valence electrons. The molecule has 1 heterocycles. The molecule has 0 bridgehead atoms. The third-order valence-corrected chi connectivity index (χ3v) is 3.40. The van der Waals surface area contributed by atoms with Gasteiger partial charge in [-0.1, -0.05) is 15.9 Å². The number of nitrogens with two attached hydrogens (primary N) is 1. The van der Waals surface area contributed by atoms with Gasteiger partial charge in [-0.25, -0.2) is 0 Å². The molecule has 0 radical (unpaired) electrons. The topological polar surface area (TPSA) is 64.9 Å². The molecular weight excluding hydrogens is 290 g/mol. The van der Waals surface area contributed by atoms with E-state index in [0.717, 1.165) is 14.9 Å². The predicted molar refractivity (Wildman–Crippen MR) is 65.2 cm³/mol. The molecule has 1 aromatic carbocycles. The minimum absolute atomic E-state index is 0.481. The van der Waals surface area contributed by atoms with E-state index in [-0.39, 0.29) is 0 Å². The van der Waals surface area contributed by atoms with Gasteiger partial charge >= 0.3 is 0 Å². The third-order valence-electron chi connectivity index (χ3n) is 1.95. The lowest BCUT2D eigenvalue weighted by atomic mass is 10.2. The lowest BCUT2D eigenvalue weighted by Gasteiger charge is -2.04. The Morgan fingerprint density at radius 2 is 2.25 bits per heavy atom. The van der Waals surface area contributed by atoms with Crippen LogP contribution in [0.1, 0.15) is 11.5 Å². The highest BCUT2D eigenvalue weighted by Gasteiger charge is 2.08. The number of aromatic nitrogens is 2. The second-order valence-electron chi connectivity index (χ2n) is 3.15. The van der Waals surface area contributed by atoms with Crippen molar-refractivity contribution in [1.29, 1.82) is 0 Å². The molecule has 0 amide bonds. The first-order chi connectivity index (χ1) is 7.69. The number of halogens is 1. The zero-order chi connectivity index (χ0) is 11.5. The Hall–Kier alpha value is -0.850. The molecule has 0 aliphatic carbocycles.